The molecule has 8 nitrogen and oxygen atoms in total. The highest BCUT2D eigenvalue weighted by atomic mass is 32.2. The number of hydrogen-bond donors (Lipinski definition) is 1. The minimum atomic E-state index is -4.76. The summed E-state index contributed by atoms with van der Waals surface area (Å²) in [7, 11) is -4.76. The second kappa shape index (κ2) is 8.48. The number of piperidine rings is 1. The first kappa shape index (κ1) is 23.0. The quantitative estimate of drug-likeness (QED) is 0.736. The number of amides is 2. The van der Waals surface area contributed by atoms with E-state index < -0.39 is 32.3 Å². The predicted molar refractivity (Wildman–Crippen MR) is 107 cm³/mol. The molecule has 31 heavy (non-hydrogen) atoms. The fourth-order valence-corrected chi connectivity index (χ4v) is 5.46. The van der Waals surface area contributed by atoms with Crippen LogP contribution in [0, 0.1) is 19.8 Å². The zero-order valence-corrected chi connectivity index (χ0v) is 18.2. The van der Waals surface area contributed by atoms with Gasteiger partial charge in [-0.1, -0.05) is 0 Å². The van der Waals surface area contributed by atoms with Crippen molar-refractivity contribution in [3.8, 4) is 0 Å². The lowest BCUT2D eigenvalue weighted by Gasteiger charge is -2.37. The van der Waals surface area contributed by atoms with Gasteiger partial charge in [-0.25, -0.2) is 17.6 Å². The molecule has 1 atom stereocenters. The molecule has 0 aromatic carbocycles. The van der Waals surface area contributed by atoms with Gasteiger partial charge < -0.3 is 10.2 Å². The smallest absolute Gasteiger partial charge is 0.325 e. The van der Waals surface area contributed by atoms with Crippen molar-refractivity contribution in [3.63, 3.8) is 0 Å². The number of hydrogen-bond acceptors (Lipinski definition) is 5. The number of halogens is 3. The van der Waals surface area contributed by atoms with Gasteiger partial charge in [0.25, 0.3) is 0 Å². The first-order valence-corrected chi connectivity index (χ1v) is 11.2. The Morgan fingerprint density at radius 2 is 1.87 bits per heavy atom. The largest absolute Gasteiger partial charge is 0.334 e. The van der Waals surface area contributed by atoms with Gasteiger partial charge in [0.1, 0.15) is 0 Å². The zero-order valence-electron chi connectivity index (χ0n) is 17.3. The normalized spacial score (nSPS) is 17.6. The third kappa shape index (κ3) is 4.53. The van der Waals surface area contributed by atoms with Crippen LogP contribution >= 0.6 is 0 Å². The molecule has 2 aromatic heterocycles. The topological polar surface area (TPSA) is 97.2 Å². The van der Waals surface area contributed by atoms with Crippen molar-refractivity contribution in [1.29, 1.82) is 0 Å². The summed E-state index contributed by atoms with van der Waals surface area (Å²) in [6.45, 7) is 1.07. The number of nitrogens with one attached hydrogen (secondary N) is 1. The van der Waals surface area contributed by atoms with Crippen LogP contribution < -0.4 is 5.32 Å². The number of pyridine rings is 1. The third-order valence-electron chi connectivity index (χ3n) is 5.47. The van der Waals surface area contributed by atoms with Crippen LogP contribution in [0.4, 0.5) is 23.7 Å². The fourth-order valence-electron chi connectivity index (χ4n) is 3.68. The van der Waals surface area contributed by atoms with Crippen molar-refractivity contribution in [2.75, 3.05) is 18.4 Å². The van der Waals surface area contributed by atoms with Crippen LogP contribution in [0.15, 0.2) is 29.4 Å². The average molecular weight is 459 g/mol. The minimum Gasteiger partial charge on any atom is -0.325 e. The summed E-state index contributed by atoms with van der Waals surface area (Å²) in [6, 6.07) is 3.89. The first-order chi connectivity index (χ1) is 14.4. The summed E-state index contributed by atoms with van der Waals surface area (Å²) in [5.74, 6) is -0.967. The highest BCUT2D eigenvalue weighted by molar-refractivity contribution is 7.92. The van der Waals surface area contributed by atoms with Crippen LogP contribution in [0.25, 0.3) is 0 Å². The molecule has 1 fully saturated rings. The number of urea groups is 1. The van der Waals surface area contributed by atoms with Gasteiger partial charge in [0, 0.05) is 36.6 Å². The fraction of sp³-hybridized carbons (Fsp3) is 0.526. The summed E-state index contributed by atoms with van der Waals surface area (Å²) < 4.78 is 67.9. The average Bonchev–Trinajstić information content (AvgIpc) is 3.11. The van der Waals surface area contributed by atoms with Gasteiger partial charge in [-0.15, -0.1) is 0 Å². The second-order valence-electron chi connectivity index (χ2n) is 7.71. The Balaban J connectivity index is 1.71. The molecule has 1 N–H and O–H groups in total. The molecule has 1 saturated heterocycles. The summed E-state index contributed by atoms with van der Waals surface area (Å²) in [4.78, 5) is 18.0. The van der Waals surface area contributed by atoms with E-state index in [9.17, 15) is 22.0 Å². The van der Waals surface area contributed by atoms with Gasteiger partial charge in [0.2, 0.25) is 14.8 Å². The number of likely N-dealkylation sites (tertiary alicyclic amines) is 1. The number of nitrogens with zero attached hydrogens (tertiary/aromatic N) is 4. The molecule has 3 heterocycles. The Bertz CT molecular complexity index is 1060. The number of rotatable bonds is 5. The maximum absolute atomic E-state index is 15.6. The van der Waals surface area contributed by atoms with Crippen LogP contribution in [-0.2, 0) is 9.84 Å². The molecular formula is C19H24F3N5O3S. The molecule has 0 bridgehead atoms. The van der Waals surface area contributed by atoms with Crippen molar-refractivity contribution in [2.24, 2.45) is 5.92 Å². The van der Waals surface area contributed by atoms with Crippen LogP contribution in [0.1, 0.15) is 37.7 Å². The minimum absolute atomic E-state index is 0.0295. The van der Waals surface area contributed by atoms with E-state index in [1.807, 2.05) is 0 Å². The van der Waals surface area contributed by atoms with Gasteiger partial charge >= 0.3 is 12.6 Å². The highest BCUT2D eigenvalue weighted by Gasteiger charge is 2.50. The molecule has 0 spiro atoms. The number of aromatic nitrogens is 3. The third-order valence-corrected chi connectivity index (χ3v) is 7.71. The van der Waals surface area contributed by atoms with E-state index >= 15 is 4.39 Å². The van der Waals surface area contributed by atoms with E-state index in [0.717, 1.165) is 18.7 Å². The van der Waals surface area contributed by atoms with Crippen molar-refractivity contribution in [3.05, 3.63) is 35.8 Å². The molecule has 1 aliphatic heterocycles. The molecule has 0 saturated carbocycles. The lowest BCUT2D eigenvalue weighted by molar-refractivity contribution is 0.0454. The number of anilines is 1. The molecule has 0 aliphatic carbocycles. The maximum Gasteiger partial charge on any atom is 0.334 e. The first-order valence-electron chi connectivity index (χ1n) is 9.70. The SMILES string of the molecule is Cc1cc(NC(=O)N2CCC([C@](C)(F)S(=O)(=O)c3cc(C)nn3C(F)F)CC2)ccn1. The van der Waals surface area contributed by atoms with Crippen LogP contribution in [0.2, 0.25) is 0 Å². The summed E-state index contributed by atoms with van der Waals surface area (Å²) in [5, 5.41) is 2.55. The van der Waals surface area contributed by atoms with Crippen molar-refractivity contribution in [1.82, 2.24) is 19.7 Å². The molecule has 170 valence electrons. The van der Waals surface area contributed by atoms with Gasteiger partial charge in [-0.2, -0.15) is 18.6 Å². The van der Waals surface area contributed by atoms with Crippen molar-refractivity contribution in [2.45, 2.75) is 50.2 Å². The molecule has 3 rings (SSSR count). The summed E-state index contributed by atoms with van der Waals surface area (Å²) >= 11 is 0. The lowest BCUT2D eigenvalue weighted by Crippen LogP contribution is -2.48. The standard InChI is InChI=1S/C19H24F3N5O3S/c1-12-10-15(4-7-23-12)24-18(28)26-8-5-14(6-9-26)19(3,22)31(29,30)16-11-13(2)25-27(16)17(20)21/h4,7,10-11,14,17H,5-6,8-9H2,1-3H3,(H,23,24,28)/t19-/m1/s1. The Morgan fingerprint density at radius 3 is 2.45 bits per heavy atom. The maximum atomic E-state index is 15.6. The number of sulfone groups is 1. The van der Waals surface area contributed by atoms with E-state index in [-0.39, 0.29) is 42.3 Å². The van der Waals surface area contributed by atoms with E-state index in [0.29, 0.717) is 5.69 Å². The highest BCUT2D eigenvalue weighted by Crippen LogP contribution is 2.40. The predicted octanol–water partition coefficient (Wildman–Crippen LogP) is 3.69. The van der Waals surface area contributed by atoms with Gasteiger partial charge in [0.05, 0.1) is 5.69 Å². The Kier molecular flexibility index (Phi) is 6.30. The van der Waals surface area contributed by atoms with Crippen LogP contribution in [0.5, 0.6) is 0 Å². The Labute approximate surface area is 178 Å². The Hall–Kier alpha value is -2.63. The molecule has 0 radical (unpaired) electrons. The van der Waals surface area contributed by atoms with Crippen LogP contribution in [-0.4, -0.2) is 52.2 Å². The van der Waals surface area contributed by atoms with Crippen molar-refractivity contribution >= 4 is 21.6 Å². The van der Waals surface area contributed by atoms with Gasteiger partial charge in [0.15, 0.2) is 5.03 Å². The van der Waals surface area contributed by atoms with Gasteiger partial charge in [-0.3, -0.25) is 4.98 Å². The molecule has 0 unspecified atom stereocenters. The van der Waals surface area contributed by atoms with E-state index in [4.69, 9.17) is 0 Å². The number of carbonyl (C=O) groups is 1. The molecule has 2 amide bonds. The van der Waals surface area contributed by atoms with E-state index in [1.54, 1.807) is 25.3 Å². The van der Waals surface area contributed by atoms with Crippen LogP contribution in [0.3, 0.4) is 0 Å². The molecule has 1 aliphatic rings. The summed E-state index contributed by atoms with van der Waals surface area (Å²) in [5.41, 5.74) is 1.34. The Morgan fingerprint density at radius 1 is 1.23 bits per heavy atom. The van der Waals surface area contributed by atoms with E-state index in [1.165, 1.54) is 11.8 Å². The van der Waals surface area contributed by atoms with E-state index in [2.05, 4.69) is 15.4 Å². The van der Waals surface area contributed by atoms with Crippen molar-refractivity contribution < 1.29 is 26.4 Å². The monoisotopic (exact) mass is 459 g/mol. The summed E-state index contributed by atoms with van der Waals surface area (Å²) in [6.07, 6.45) is 1.69. The molecule has 2 aromatic rings. The molecule has 12 heteroatoms. The lowest BCUT2D eigenvalue weighted by atomic mass is 9.92. The van der Waals surface area contributed by atoms with Gasteiger partial charge in [-0.05, 0) is 51.8 Å². The molecular weight excluding hydrogens is 435 g/mol. The second-order valence-corrected chi connectivity index (χ2v) is 9.94. The number of alkyl halides is 3. The zero-order chi connectivity index (χ0) is 23.0. The number of aryl methyl sites for hydroxylation is 2. The number of carbonyl (C=O) groups excluding carboxylic acids is 1.